The zero-order chi connectivity index (χ0) is 16.2. The Morgan fingerprint density at radius 1 is 1.17 bits per heavy atom. The van der Waals surface area contributed by atoms with Crippen LogP contribution in [0.5, 0.6) is 5.75 Å². The number of hydrogen-bond acceptors (Lipinski definition) is 6. The van der Waals surface area contributed by atoms with Crippen LogP contribution in [0, 0.1) is 0 Å². The molecule has 0 bridgehead atoms. The van der Waals surface area contributed by atoms with Gasteiger partial charge in [-0.3, -0.25) is 4.90 Å². The zero-order valence-corrected chi connectivity index (χ0v) is 13.8. The van der Waals surface area contributed by atoms with E-state index in [9.17, 15) is 5.11 Å². The zero-order valence-electron chi connectivity index (χ0n) is 13.8. The molecule has 1 aliphatic heterocycles. The van der Waals surface area contributed by atoms with E-state index < -0.39 is 0 Å². The standard InChI is InChI=1S/C17H24N4O2/c1-3-4-16-18-17(23-19-16)13(2)20-9-11-21(12-10-20)14-5-7-15(22)8-6-14/h5-8,13,22H,3-4,9-12H2,1-2H3/t13-/m0/s1. The highest BCUT2D eigenvalue weighted by molar-refractivity contribution is 5.49. The summed E-state index contributed by atoms with van der Waals surface area (Å²) in [6.45, 7) is 8.04. The van der Waals surface area contributed by atoms with Gasteiger partial charge in [-0.2, -0.15) is 4.98 Å². The van der Waals surface area contributed by atoms with E-state index >= 15 is 0 Å². The van der Waals surface area contributed by atoms with Gasteiger partial charge in [-0.15, -0.1) is 0 Å². The second-order valence-corrected chi connectivity index (χ2v) is 6.01. The molecule has 1 aromatic heterocycles. The van der Waals surface area contributed by atoms with Crippen molar-refractivity contribution >= 4 is 5.69 Å². The lowest BCUT2D eigenvalue weighted by molar-refractivity contribution is 0.164. The Kier molecular flexibility index (Phi) is 4.81. The number of aryl methyl sites for hydroxylation is 1. The van der Waals surface area contributed by atoms with Crippen molar-refractivity contribution in [3.63, 3.8) is 0 Å². The minimum Gasteiger partial charge on any atom is -0.508 e. The molecule has 1 aliphatic rings. The highest BCUT2D eigenvalue weighted by Gasteiger charge is 2.25. The Balaban J connectivity index is 1.58. The summed E-state index contributed by atoms with van der Waals surface area (Å²) < 4.78 is 5.41. The fourth-order valence-corrected chi connectivity index (χ4v) is 2.95. The van der Waals surface area contributed by atoms with Crippen LogP contribution >= 0.6 is 0 Å². The van der Waals surface area contributed by atoms with Gasteiger partial charge in [0.05, 0.1) is 6.04 Å². The van der Waals surface area contributed by atoms with Crippen molar-refractivity contribution < 1.29 is 9.63 Å². The molecule has 1 N–H and O–H groups in total. The minimum atomic E-state index is 0.148. The normalized spacial score (nSPS) is 17.4. The number of aromatic nitrogens is 2. The summed E-state index contributed by atoms with van der Waals surface area (Å²) in [5.41, 5.74) is 1.15. The van der Waals surface area contributed by atoms with E-state index in [-0.39, 0.29) is 6.04 Å². The van der Waals surface area contributed by atoms with E-state index in [1.54, 1.807) is 12.1 Å². The van der Waals surface area contributed by atoms with Gasteiger partial charge in [0.1, 0.15) is 5.75 Å². The first-order chi connectivity index (χ1) is 11.2. The summed E-state index contributed by atoms with van der Waals surface area (Å²) >= 11 is 0. The lowest BCUT2D eigenvalue weighted by atomic mass is 10.2. The van der Waals surface area contributed by atoms with E-state index in [0.717, 1.165) is 50.5 Å². The summed E-state index contributed by atoms with van der Waals surface area (Å²) in [7, 11) is 0. The topological polar surface area (TPSA) is 65.6 Å². The third-order valence-corrected chi connectivity index (χ3v) is 4.39. The number of phenolic OH excluding ortho intramolecular Hbond substituents is 1. The van der Waals surface area contributed by atoms with Crippen LogP contribution in [-0.2, 0) is 6.42 Å². The van der Waals surface area contributed by atoms with Crippen molar-refractivity contribution in [3.05, 3.63) is 36.0 Å². The van der Waals surface area contributed by atoms with Gasteiger partial charge in [0.2, 0.25) is 5.89 Å². The number of piperazine rings is 1. The first-order valence-electron chi connectivity index (χ1n) is 8.28. The summed E-state index contributed by atoms with van der Waals surface area (Å²) in [5.74, 6) is 1.82. The van der Waals surface area contributed by atoms with Gasteiger partial charge < -0.3 is 14.5 Å². The molecule has 0 amide bonds. The van der Waals surface area contributed by atoms with Gasteiger partial charge in [0.15, 0.2) is 5.82 Å². The Hall–Kier alpha value is -2.08. The van der Waals surface area contributed by atoms with Crippen LogP contribution in [0.1, 0.15) is 38.0 Å². The maximum absolute atomic E-state index is 9.39. The molecule has 1 fully saturated rings. The molecule has 0 spiro atoms. The molecule has 6 heteroatoms. The van der Waals surface area contributed by atoms with Crippen LogP contribution in [0.15, 0.2) is 28.8 Å². The van der Waals surface area contributed by atoms with Crippen molar-refractivity contribution in [3.8, 4) is 5.75 Å². The molecule has 1 saturated heterocycles. The van der Waals surface area contributed by atoms with E-state index in [0.29, 0.717) is 11.6 Å². The molecule has 2 aromatic rings. The smallest absolute Gasteiger partial charge is 0.243 e. The molecule has 6 nitrogen and oxygen atoms in total. The van der Waals surface area contributed by atoms with Gasteiger partial charge in [-0.05, 0) is 37.6 Å². The summed E-state index contributed by atoms with van der Waals surface area (Å²) in [6, 6.07) is 7.54. The molecular weight excluding hydrogens is 292 g/mol. The molecule has 0 saturated carbocycles. The number of aromatic hydroxyl groups is 1. The van der Waals surface area contributed by atoms with E-state index in [1.165, 1.54) is 0 Å². The fraction of sp³-hybridized carbons (Fsp3) is 0.529. The molecule has 1 aromatic carbocycles. The van der Waals surface area contributed by atoms with Crippen molar-refractivity contribution in [2.75, 3.05) is 31.1 Å². The van der Waals surface area contributed by atoms with Gasteiger partial charge in [-0.1, -0.05) is 12.1 Å². The average Bonchev–Trinajstić information content (AvgIpc) is 3.04. The second-order valence-electron chi connectivity index (χ2n) is 6.01. The number of benzene rings is 1. The van der Waals surface area contributed by atoms with Crippen LogP contribution in [-0.4, -0.2) is 46.3 Å². The van der Waals surface area contributed by atoms with Gasteiger partial charge in [-0.25, -0.2) is 0 Å². The monoisotopic (exact) mass is 316 g/mol. The van der Waals surface area contributed by atoms with Crippen LogP contribution in [0.3, 0.4) is 0 Å². The van der Waals surface area contributed by atoms with E-state index in [2.05, 4.69) is 33.8 Å². The van der Waals surface area contributed by atoms with Gasteiger partial charge >= 0.3 is 0 Å². The molecule has 2 heterocycles. The van der Waals surface area contributed by atoms with E-state index in [1.807, 2.05) is 12.1 Å². The molecular formula is C17H24N4O2. The molecule has 0 aliphatic carbocycles. The second kappa shape index (κ2) is 7.00. The third-order valence-electron chi connectivity index (χ3n) is 4.39. The van der Waals surface area contributed by atoms with Crippen molar-refractivity contribution in [2.24, 2.45) is 0 Å². The van der Waals surface area contributed by atoms with Crippen LogP contribution in [0.2, 0.25) is 0 Å². The van der Waals surface area contributed by atoms with Crippen molar-refractivity contribution in [2.45, 2.75) is 32.7 Å². The summed E-state index contributed by atoms with van der Waals surface area (Å²) in [4.78, 5) is 9.21. The van der Waals surface area contributed by atoms with Crippen molar-refractivity contribution in [1.82, 2.24) is 15.0 Å². The SMILES string of the molecule is CCCc1noc([C@H](C)N2CCN(c3ccc(O)cc3)CC2)n1. The molecule has 3 rings (SSSR count). The molecule has 0 unspecified atom stereocenters. The number of anilines is 1. The lowest BCUT2D eigenvalue weighted by Gasteiger charge is -2.38. The van der Waals surface area contributed by atoms with E-state index in [4.69, 9.17) is 4.52 Å². The number of phenols is 1. The van der Waals surface area contributed by atoms with Crippen molar-refractivity contribution in [1.29, 1.82) is 0 Å². The number of hydrogen-bond donors (Lipinski definition) is 1. The largest absolute Gasteiger partial charge is 0.508 e. The predicted octanol–water partition coefficient (Wildman–Crippen LogP) is 2.61. The maximum Gasteiger partial charge on any atom is 0.243 e. The van der Waals surface area contributed by atoms with Crippen LogP contribution in [0.25, 0.3) is 0 Å². The Morgan fingerprint density at radius 2 is 1.87 bits per heavy atom. The number of rotatable bonds is 5. The lowest BCUT2D eigenvalue weighted by Crippen LogP contribution is -2.47. The number of nitrogens with zero attached hydrogens (tertiary/aromatic N) is 4. The summed E-state index contributed by atoms with van der Waals surface area (Å²) in [5, 5.41) is 13.4. The maximum atomic E-state index is 9.39. The minimum absolute atomic E-state index is 0.148. The molecule has 124 valence electrons. The highest BCUT2D eigenvalue weighted by atomic mass is 16.5. The fourth-order valence-electron chi connectivity index (χ4n) is 2.95. The first-order valence-corrected chi connectivity index (χ1v) is 8.28. The average molecular weight is 316 g/mol. The Morgan fingerprint density at radius 3 is 2.52 bits per heavy atom. The van der Waals surface area contributed by atoms with Gasteiger partial charge in [0.25, 0.3) is 0 Å². The Bertz CT molecular complexity index is 618. The van der Waals surface area contributed by atoms with Gasteiger partial charge in [0, 0.05) is 38.3 Å². The first kappa shape index (κ1) is 15.8. The van der Waals surface area contributed by atoms with Crippen LogP contribution in [0.4, 0.5) is 5.69 Å². The Labute approximate surface area is 136 Å². The molecule has 0 radical (unpaired) electrons. The molecule has 23 heavy (non-hydrogen) atoms. The summed E-state index contributed by atoms with van der Waals surface area (Å²) in [6.07, 6.45) is 1.89. The third kappa shape index (κ3) is 3.64. The molecule has 1 atom stereocenters. The quantitative estimate of drug-likeness (QED) is 0.914. The van der Waals surface area contributed by atoms with Crippen LogP contribution < -0.4 is 4.90 Å². The highest BCUT2D eigenvalue weighted by Crippen LogP contribution is 2.24. The predicted molar refractivity (Wildman–Crippen MR) is 88.6 cm³/mol.